The van der Waals surface area contributed by atoms with Crippen molar-refractivity contribution in [2.75, 3.05) is 0 Å². The molecule has 0 aromatic carbocycles. The fraction of sp³-hybridized carbons (Fsp3) is 0.889. The summed E-state index contributed by atoms with van der Waals surface area (Å²) in [5, 5.41) is 8.92. The smallest absolute Gasteiger partial charge is 0.809 e. The van der Waals surface area contributed by atoms with Crippen molar-refractivity contribution in [2.24, 2.45) is 0 Å². The zero-order chi connectivity index (χ0) is 20.6. The molecule has 0 aromatic rings. The van der Waals surface area contributed by atoms with Gasteiger partial charge in [0.2, 0.25) is 7.60 Å². The third-order valence-corrected chi connectivity index (χ3v) is 7.59. The Hall–Kier alpha value is 2.84. The zero-order valence-electron chi connectivity index (χ0n) is 19.4. The number of unbranched alkanes of at least 4 members (excludes halogenated alkanes) is 13. The predicted molar refractivity (Wildman–Crippen MR) is 102 cm³/mol. The SMILES string of the molecule is CCCCCCCCCCCCCCCC=COP(=O)([O-])C(O)P(=O)([O-])[O-].[Na+].[Na+].[Na+]. The molecule has 0 fully saturated rings. The van der Waals surface area contributed by atoms with Gasteiger partial charge in [-0.3, -0.25) is 4.57 Å². The molecule has 0 amide bonds. The van der Waals surface area contributed by atoms with Crippen LogP contribution in [0.1, 0.15) is 96.8 Å². The van der Waals surface area contributed by atoms with Crippen LogP contribution in [0.3, 0.4) is 0 Å². The summed E-state index contributed by atoms with van der Waals surface area (Å²) in [7, 11) is -10.8. The summed E-state index contributed by atoms with van der Waals surface area (Å²) in [4.78, 5) is 32.2. The van der Waals surface area contributed by atoms with Gasteiger partial charge in [-0.15, -0.1) is 0 Å². The molecule has 0 heterocycles. The Kier molecular flexibility index (Phi) is 33.3. The minimum Gasteiger partial charge on any atom is -0.809 e. The molecular weight excluding hydrogens is 459 g/mol. The Balaban J connectivity index is -0.00000113. The van der Waals surface area contributed by atoms with E-state index in [9.17, 15) is 23.8 Å². The molecule has 7 nitrogen and oxygen atoms in total. The Morgan fingerprint density at radius 1 is 0.767 bits per heavy atom. The molecule has 0 bridgehead atoms. The summed E-state index contributed by atoms with van der Waals surface area (Å²) in [5.41, 5.74) is -3.05. The second kappa shape index (κ2) is 24.9. The van der Waals surface area contributed by atoms with Gasteiger partial charge in [-0.05, 0) is 26.5 Å². The first-order chi connectivity index (χ1) is 12.7. The molecule has 0 aliphatic carbocycles. The van der Waals surface area contributed by atoms with E-state index in [4.69, 9.17) is 5.11 Å². The summed E-state index contributed by atoms with van der Waals surface area (Å²) in [6.07, 6.45) is 18.9. The van der Waals surface area contributed by atoms with Crippen LogP contribution >= 0.6 is 15.2 Å². The second-order valence-electron chi connectivity index (χ2n) is 6.93. The van der Waals surface area contributed by atoms with Crippen molar-refractivity contribution >= 4 is 15.2 Å². The van der Waals surface area contributed by atoms with Crippen molar-refractivity contribution in [1.82, 2.24) is 0 Å². The van der Waals surface area contributed by atoms with Crippen molar-refractivity contribution in [1.29, 1.82) is 0 Å². The molecule has 2 unspecified atom stereocenters. The van der Waals surface area contributed by atoms with Gasteiger partial charge >= 0.3 is 88.7 Å². The maximum absolute atomic E-state index is 11.3. The average molecular weight is 494 g/mol. The van der Waals surface area contributed by atoms with Gasteiger partial charge in [0.1, 0.15) is 0 Å². The molecule has 0 spiro atoms. The molecule has 0 aromatic heterocycles. The average Bonchev–Trinajstić information content (AvgIpc) is 2.60. The van der Waals surface area contributed by atoms with Crippen LogP contribution in [0.4, 0.5) is 0 Å². The van der Waals surface area contributed by atoms with Crippen LogP contribution in [-0.2, 0) is 13.7 Å². The van der Waals surface area contributed by atoms with Gasteiger partial charge < -0.3 is 28.9 Å². The largest absolute Gasteiger partial charge is 1.00 e. The van der Waals surface area contributed by atoms with Crippen LogP contribution < -0.4 is 103 Å². The normalized spacial score (nSPS) is 14.2. The molecule has 2 atom stereocenters. The minimum absolute atomic E-state index is 0. The molecule has 162 valence electrons. The van der Waals surface area contributed by atoms with Gasteiger partial charge in [-0.25, -0.2) is 0 Å². The van der Waals surface area contributed by atoms with Crippen LogP contribution in [0.15, 0.2) is 12.3 Å². The zero-order valence-corrected chi connectivity index (χ0v) is 27.2. The van der Waals surface area contributed by atoms with E-state index in [0.717, 1.165) is 25.5 Å². The molecule has 0 rings (SSSR count). The van der Waals surface area contributed by atoms with Crippen LogP contribution in [0.2, 0.25) is 0 Å². The number of hydrogen-bond acceptors (Lipinski definition) is 7. The topological polar surface area (TPSA) is 133 Å². The van der Waals surface area contributed by atoms with Crippen molar-refractivity contribution in [3.05, 3.63) is 12.3 Å². The Morgan fingerprint density at radius 2 is 1.13 bits per heavy atom. The van der Waals surface area contributed by atoms with Crippen LogP contribution in [0.25, 0.3) is 0 Å². The first-order valence-electron chi connectivity index (χ1n) is 10.1. The van der Waals surface area contributed by atoms with Crippen molar-refractivity contribution in [2.45, 2.75) is 102 Å². The summed E-state index contributed by atoms with van der Waals surface area (Å²) >= 11 is 0. The first kappa shape index (κ1) is 40.0. The number of aliphatic hydroxyl groups is 1. The van der Waals surface area contributed by atoms with Gasteiger partial charge in [0, 0.05) is 0 Å². The Morgan fingerprint density at radius 3 is 1.50 bits per heavy atom. The van der Waals surface area contributed by atoms with E-state index in [2.05, 4.69) is 11.4 Å². The van der Waals surface area contributed by atoms with E-state index in [0.29, 0.717) is 6.42 Å². The second-order valence-corrected chi connectivity index (χ2v) is 10.7. The van der Waals surface area contributed by atoms with Gasteiger partial charge in [0.05, 0.1) is 6.26 Å². The van der Waals surface area contributed by atoms with E-state index in [1.54, 1.807) is 0 Å². The number of hydrogen-bond donors (Lipinski definition) is 1. The molecular formula is C18H35Na3O7P2. The maximum Gasteiger partial charge on any atom is 1.00 e. The Bertz CT molecular complexity index is 490. The van der Waals surface area contributed by atoms with Gasteiger partial charge in [0.25, 0.3) is 0 Å². The summed E-state index contributed by atoms with van der Waals surface area (Å²) < 4.78 is 26.0. The van der Waals surface area contributed by atoms with Gasteiger partial charge in [0.15, 0.2) is 5.59 Å². The van der Waals surface area contributed by atoms with E-state index < -0.39 is 20.8 Å². The van der Waals surface area contributed by atoms with Crippen LogP contribution in [0.5, 0.6) is 0 Å². The maximum atomic E-state index is 11.3. The fourth-order valence-corrected chi connectivity index (χ4v) is 4.62. The molecule has 0 aliphatic rings. The minimum atomic E-state index is -5.65. The number of aliphatic hydroxyl groups excluding tert-OH is 1. The van der Waals surface area contributed by atoms with E-state index in [-0.39, 0.29) is 88.7 Å². The molecule has 0 aliphatic heterocycles. The summed E-state index contributed by atoms with van der Waals surface area (Å²) in [5.74, 6) is 0. The molecule has 0 saturated carbocycles. The third kappa shape index (κ3) is 24.0. The van der Waals surface area contributed by atoms with E-state index >= 15 is 0 Å². The third-order valence-electron chi connectivity index (χ3n) is 4.34. The predicted octanol–water partition coefficient (Wildman–Crippen LogP) is -5.25. The molecule has 12 heteroatoms. The van der Waals surface area contributed by atoms with Crippen molar-refractivity contribution < 1.29 is 122 Å². The molecule has 0 saturated heterocycles. The number of allylic oxidation sites excluding steroid dienone is 1. The summed E-state index contributed by atoms with van der Waals surface area (Å²) in [6.45, 7) is 2.23. The monoisotopic (exact) mass is 494 g/mol. The van der Waals surface area contributed by atoms with Gasteiger partial charge in [-0.1, -0.05) is 84.0 Å². The molecule has 0 radical (unpaired) electrons. The molecule has 30 heavy (non-hydrogen) atoms. The fourth-order valence-electron chi connectivity index (χ4n) is 2.70. The van der Waals surface area contributed by atoms with Crippen molar-refractivity contribution in [3.63, 3.8) is 0 Å². The van der Waals surface area contributed by atoms with Gasteiger partial charge in [-0.2, -0.15) is 0 Å². The molecule has 1 N–H and O–H groups in total. The van der Waals surface area contributed by atoms with Crippen molar-refractivity contribution in [3.8, 4) is 0 Å². The standard InChI is InChI=1S/C18H38O7P2.3Na/c1-2-3-4-5-6-7-8-9-10-11-12-13-14-15-16-17-25-27(23,24)18(19)26(20,21)22;;;/h16-19H,2-15H2,1H3,(H,23,24)(H2,20,21,22);;;/q;3*+1/p-3. The number of rotatable bonds is 18. The van der Waals surface area contributed by atoms with E-state index in [1.807, 2.05) is 0 Å². The van der Waals surface area contributed by atoms with Crippen LogP contribution in [-0.4, -0.2) is 10.7 Å². The summed E-state index contributed by atoms with van der Waals surface area (Å²) in [6, 6.07) is 0. The van der Waals surface area contributed by atoms with Crippen LogP contribution in [0, 0.1) is 0 Å². The first-order valence-corrected chi connectivity index (χ1v) is 13.3. The quantitative estimate of drug-likeness (QED) is 0.0872. The van der Waals surface area contributed by atoms with E-state index in [1.165, 1.54) is 70.3 Å². The Labute approximate surface area is 249 Å².